The molecule has 0 radical (unpaired) electrons. The summed E-state index contributed by atoms with van der Waals surface area (Å²) in [7, 11) is 0. The van der Waals surface area contributed by atoms with E-state index in [9.17, 15) is 14.0 Å². The van der Waals surface area contributed by atoms with Crippen LogP contribution in [-0.4, -0.2) is 16.7 Å². The van der Waals surface area contributed by atoms with E-state index < -0.39 is 23.0 Å². The summed E-state index contributed by atoms with van der Waals surface area (Å²) in [6, 6.07) is 5.78. The van der Waals surface area contributed by atoms with Gasteiger partial charge in [-0.1, -0.05) is 12.1 Å². The Kier molecular flexibility index (Phi) is 5.33. The van der Waals surface area contributed by atoms with Gasteiger partial charge < -0.3 is 9.47 Å². The van der Waals surface area contributed by atoms with Crippen molar-refractivity contribution in [1.29, 1.82) is 0 Å². The lowest BCUT2D eigenvalue weighted by molar-refractivity contribution is 0.0203. The summed E-state index contributed by atoms with van der Waals surface area (Å²) in [5.74, 6) is -0.819. The highest BCUT2D eigenvalue weighted by molar-refractivity contribution is 9.10. The summed E-state index contributed by atoms with van der Waals surface area (Å²) in [5, 5.41) is 0. The van der Waals surface area contributed by atoms with Crippen LogP contribution in [0.15, 0.2) is 45.9 Å². The second kappa shape index (κ2) is 7.09. The summed E-state index contributed by atoms with van der Waals surface area (Å²) in [5.41, 5.74) is -0.938. The van der Waals surface area contributed by atoms with E-state index >= 15 is 0 Å². The second-order valence-electron chi connectivity index (χ2n) is 5.90. The van der Waals surface area contributed by atoms with Crippen LogP contribution < -0.4 is 10.2 Å². The van der Waals surface area contributed by atoms with Gasteiger partial charge in [-0.15, -0.1) is 0 Å². The molecule has 0 aliphatic rings. The van der Waals surface area contributed by atoms with Gasteiger partial charge in [-0.2, -0.15) is 0 Å². The average Bonchev–Trinajstić information content (AvgIpc) is 2.58. The number of halogens is 2. The van der Waals surface area contributed by atoms with Gasteiger partial charge in [-0.05, 0) is 48.8 Å². The standard InChI is InChI=1S/C17H15BrFNO4/c1-17(2,3)24-16(22)23-15-13(18)6-4-5-12(14(15)21)10-7-11(19)9-20-8-10/h4-9H,1-3H3. The molecule has 0 amide bonds. The molecule has 1 aromatic heterocycles. The van der Waals surface area contributed by atoms with Gasteiger partial charge in [0.25, 0.3) is 0 Å². The van der Waals surface area contributed by atoms with Crippen LogP contribution in [0.25, 0.3) is 11.1 Å². The highest BCUT2D eigenvalue weighted by Gasteiger charge is 2.21. The second-order valence-corrected chi connectivity index (χ2v) is 6.76. The molecule has 0 unspecified atom stereocenters. The van der Waals surface area contributed by atoms with E-state index in [1.165, 1.54) is 24.4 Å². The molecule has 2 rings (SSSR count). The van der Waals surface area contributed by atoms with Crippen LogP contribution in [0.2, 0.25) is 0 Å². The lowest BCUT2D eigenvalue weighted by atomic mass is 10.1. The maximum Gasteiger partial charge on any atom is 0.514 e. The van der Waals surface area contributed by atoms with E-state index in [0.717, 1.165) is 6.20 Å². The van der Waals surface area contributed by atoms with Crippen LogP contribution in [0, 0.1) is 5.82 Å². The van der Waals surface area contributed by atoms with Gasteiger partial charge in [0.2, 0.25) is 5.43 Å². The Balaban J connectivity index is 2.50. The fourth-order valence-corrected chi connectivity index (χ4v) is 2.26. The first-order chi connectivity index (χ1) is 11.2. The molecule has 1 aromatic carbocycles. The van der Waals surface area contributed by atoms with E-state index in [1.54, 1.807) is 26.8 Å². The van der Waals surface area contributed by atoms with Crippen LogP contribution in [0.1, 0.15) is 20.8 Å². The number of nitrogens with zero attached hydrogens (tertiary/aromatic N) is 1. The van der Waals surface area contributed by atoms with Gasteiger partial charge in [0.1, 0.15) is 11.4 Å². The number of pyridine rings is 1. The molecule has 0 atom stereocenters. The number of hydrogen-bond acceptors (Lipinski definition) is 5. The zero-order valence-corrected chi connectivity index (χ0v) is 14.9. The fraction of sp³-hybridized carbons (Fsp3) is 0.235. The minimum Gasteiger partial charge on any atom is -0.428 e. The van der Waals surface area contributed by atoms with Gasteiger partial charge in [0, 0.05) is 17.3 Å². The van der Waals surface area contributed by atoms with Crippen LogP contribution in [-0.2, 0) is 4.74 Å². The Morgan fingerprint density at radius 2 is 1.96 bits per heavy atom. The van der Waals surface area contributed by atoms with Crippen molar-refractivity contribution in [3.63, 3.8) is 0 Å². The molecular formula is C17H15BrFNO4. The minimum atomic E-state index is -1.00. The Morgan fingerprint density at radius 1 is 1.25 bits per heavy atom. The van der Waals surface area contributed by atoms with E-state index in [-0.39, 0.29) is 21.3 Å². The molecular weight excluding hydrogens is 381 g/mol. The molecule has 0 bridgehead atoms. The first-order valence-corrected chi connectivity index (χ1v) is 7.81. The minimum absolute atomic E-state index is 0.145. The summed E-state index contributed by atoms with van der Waals surface area (Å²) >= 11 is 3.18. The van der Waals surface area contributed by atoms with Crippen molar-refractivity contribution < 1.29 is 18.7 Å². The summed E-state index contributed by atoms with van der Waals surface area (Å²) in [6.07, 6.45) is 1.38. The highest BCUT2D eigenvalue weighted by Crippen LogP contribution is 2.24. The Bertz CT molecular complexity index is 833. The summed E-state index contributed by atoms with van der Waals surface area (Å²) in [4.78, 5) is 28.3. The van der Waals surface area contributed by atoms with Gasteiger partial charge >= 0.3 is 6.16 Å². The van der Waals surface area contributed by atoms with Crippen LogP contribution >= 0.6 is 15.9 Å². The number of ether oxygens (including phenoxy) is 2. The van der Waals surface area contributed by atoms with Crippen molar-refractivity contribution in [3.8, 4) is 16.9 Å². The normalized spacial score (nSPS) is 11.0. The lowest BCUT2D eigenvalue weighted by Crippen LogP contribution is -2.27. The third-order valence-corrected chi connectivity index (χ3v) is 3.39. The number of hydrogen-bond donors (Lipinski definition) is 0. The van der Waals surface area contributed by atoms with Crippen LogP contribution in [0.4, 0.5) is 9.18 Å². The largest absolute Gasteiger partial charge is 0.514 e. The lowest BCUT2D eigenvalue weighted by Gasteiger charge is -2.18. The van der Waals surface area contributed by atoms with Crippen molar-refractivity contribution in [2.45, 2.75) is 26.4 Å². The zero-order chi connectivity index (χ0) is 17.9. The molecule has 7 heteroatoms. The van der Waals surface area contributed by atoms with Crippen molar-refractivity contribution >= 4 is 22.1 Å². The number of aromatic nitrogens is 1. The van der Waals surface area contributed by atoms with Crippen LogP contribution in [0.5, 0.6) is 5.75 Å². The smallest absolute Gasteiger partial charge is 0.428 e. The van der Waals surface area contributed by atoms with Crippen molar-refractivity contribution in [1.82, 2.24) is 4.98 Å². The maximum absolute atomic E-state index is 13.4. The predicted octanol–water partition coefficient (Wildman–Crippen LogP) is 4.32. The molecule has 5 nitrogen and oxygen atoms in total. The van der Waals surface area contributed by atoms with Crippen molar-refractivity contribution in [2.24, 2.45) is 0 Å². The fourth-order valence-electron chi connectivity index (χ4n) is 1.85. The van der Waals surface area contributed by atoms with E-state index in [1.807, 2.05) is 0 Å². The molecule has 126 valence electrons. The van der Waals surface area contributed by atoms with E-state index in [4.69, 9.17) is 9.47 Å². The van der Waals surface area contributed by atoms with Crippen molar-refractivity contribution in [3.05, 3.63) is 57.2 Å². The summed E-state index contributed by atoms with van der Waals surface area (Å²) < 4.78 is 23.8. The van der Waals surface area contributed by atoms with Gasteiger partial charge in [0.15, 0.2) is 5.75 Å². The first kappa shape index (κ1) is 18.1. The van der Waals surface area contributed by atoms with Crippen molar-refractivity contribution in [2.75, 3.05) is 0 Å². The molecule has 0 spiro atoms. The monoisotopic (exact) mass is 395 g/mol. The summed E-state index contributed by atoms with van der Waals surface area (Å²) in [6.45, 7) is 5.03. The average molecular weight is 396 g/mol. The topological polar surface area (TPSA) is 65.5 Å². The molecule has 0 saturated heterocycles. The van der Waals surface area contributed by atoms with Crippen LogP contribution in [0.3, 0.4) is 0 Å². The van der Waals surface area contributed by atoms with Gasteiger partial charge in [-0.25, -0.2) is 9.18 Å². The molecule has 24 heavy (non-hydrogen) atoms. The van der Waals surface area contributed by atoms with E-state index in [0.29, 0.717) is 0 Å². The third kappa shape index (κ3) is 4.61. The highest BCUT2D eigenvalue weighted by atomic mass is 79.9. The Hall–Kier alpha value is -2.28. The molecule has 2 aromatic rings. The molecule has 0 N–H and O–H groups in total. The molecule has 0 aliphatic heterocycles. The molecule has 0 aliphatic carbocycles. The van der Waals surface area contributed by atoms with Gasteiger partial charge in [0.05, 0.1) is 10.7 Å². The van der Waals surface area contributed by atoms with Gasteiger partial charge in [-0.3, -0.25) is 9.78 Å². The first-order valence-electron chi connectivity index (χ1n) is 7.02. The third-order valence-electron chi connectivity index (χ3n) is 2.76. The Labute approximate surface area is 146 Å². The predicted molar refractivity (Wildman–Crippen MR) is 90.5 cm³/mol. The molecule has 0 saturated carbocycles. The molecule has 0 fully saturated rings. The number of rotatable bonds is 2. The molecule has 1 heterocycles. The maximum atomic E-state index is 13.4. The number of carbonyl (C=O) groups excluding carboxylic acids is 1. The Morgan fingerprint density at radius 3 is 2.58 bits per heavy atom. The van der Waals surface area contributed by atoms with E-state index in [2.05, 4.69) is 20.9 Å². The quantitative estimate of drug-likeness (QED) is 0.708. The zero-order valence-electron chi connectivity index (χ0n) is 13.3. The number of carbonyl (C=O) groups is 1. The SMILES string of the molecule is CC(C)(C)OC(=O)Oc1c(Br)cccc(-c2cncc(F)c2)c1=O.